The minimum Gasteiger partial charge on any atom is -0.321 e. The standard InChI is InChI=1S/C18H14N4OS/c1-12-2-4-14(5-3-12)20-17(23)15-16(13-6-8-19-9-7-13)22-10-11-24-18(22)21-15/h2-11H,1H3,(H,20,23). The highest BCUT2D eigenvalue weighted by molar-refractivity contribution is 7.15. The number of hydrogen-bond acceptors (Lipinski definition) is 4. The number of imidazole rings is 1. The summed E-state index contributed by atoms with van der Waals surface area (Å²) in [4.78, 5) is 22.1. The normalized spacial score (nSPS) is 10.9. The third kappa shape index (κ3) is 2.57. The summed E-state index contributed by atoms with van der Waals surface area (Å²) in [7, 11) is 0. The molecule has 1 N–H and O–H groups in total. The van der Waals surface area contributed by atoms with Crippen LogP contribution in [0.3, 0.4) is 0 Å². The Kier molecular flexibility index (Phi) is 3.59. The lowest BCUT2D eigenvalue weighted by atomic mass is 10.1. The van der Waals surface area contributed by atoms with Gasteiger partial charge in [0.1, 0.15) is 0 Å². The number of carbonyl (C=O) groups excluding carboxylic acids is 1. The number of aryl methyl sites for hydroxylation is 1. The van der Waals surface area contributed by atoms with E-state index in [1.165, 1.54) is 11.3 Å². The molecule has 0 unspecified atom stereocenters. The fraction of sp³-hybridized carbons (Fsp3) is 0.0556. The predicted molar refractivity (Wildman–Crippen MR) is 95.4 cm³/mol. The van der Waals surface area contributed by atoms with E-state index in [2.05, 4.69) is 15.3 Å². The van der Waals surface area contributed by atoms with E-state index in [9.17, 15) is 4.79 Å². The summed E-state index contributed by atoms with van der Waals surface area (Å²) in [6.45, 7) is 2.01. The second-order valence-corrected chi connectivity index (χ2v) is 6.29. The van der Waals surface area contributed by atoms with Gasteiger partial charge in [0.2, 0.25) is 0 Å². The van der Waals surface area contributed by atoms with Gasteiger partial charge in [-0.15, -0.1) is 11.3 Å². The summed E-state index contributed by atoms with van der Waals surface area (Å²) in [5, 5.41) is 4.87. The summed E-state index contributed by atoms with van der Waals surface area (Å²) in [6, 6.07) is 11.5. The molecule has 6 heteroatoms. The quantitative estimate of drug-likeness (QED) is 0.615. The van der Waals surface area contributed by atoms with E-state index in [-0.39, 0.29) is 5.91 Å². The van der Waals surface area contributed by atoms with Crippen LogP contribution in [0, 0.1) is 6.92 Å². The number of anilines is 1. The number of thiazole rings is 1. The molecule has 24 heavy (non-hydrogen) atoms. The zero-order chi connectivity index (χ0) is 16.5. The molecule has 1 aromatic carbocycles. The molecule has 4 rings (SSSR count). The van der Waals surface area contributed by atoms with Gasteiger partial charge < -0.3 is 5.32 Å². The maximum absolute atomic E-state index is 12.8. The maximum Gasteiger partial charge on any atom is 0.276 e. The van der Waals surface area contributed by atoms with Gasteiger partial charge in [0.15, 0.2) is 10.7 Å². The van der Waals surface area contributed by atoms with E-state index < -0.39 is 0 Å². The number of hydrogen-bond donors (Lipinski definition) is 1. The molecule has 0 aliphatic carbocycles. The van der Waals surface area contributed by atoms with Gasteiger partial charge in [-0.25, -0.2) is 4.98 Å². The first kappa shape index (κ1) is 14.6. The molecule has 0 radical (unpaired) electrons. The third-order valence-corrected chi connectivity index (χ3v) is 4.50. The average Bonchev–Trinajstić information content (AvgIpc) is 3.18. The van der Waals surface area contributed by atoms with Crippen LogP contribution in [0.1, 0.15) is 16.1 Å². The van der Waals surface area contributed by atoms with Crippen molar-refractivity contribution < 1.29 is 4.79 Å². The second-order valence-electron chi connectivity index (χ2n) is 5.42. The number of amides is 1. The first-order valence-corrected chi connectivity index (χ1v) is 8.34. The first-order chi connectivity index (χ1) is 11.7. The molecule has 1 amide bonds. The molecular formula is C18H14N4OS. The van der Waals surface area contributed by atoms with Crippen molar-refractivity contribution in [1.29, 1.82) is 0 Å². The van der Waals surface area contributed by atoms with E-state index in [0.29, 0.717) is 5.69 Å². The smallest absolute Gasteiger partial charge is 0.276 e. The van der Waals surface area contributed by atoms with Gasteiger partial charge in [-0.05, 0) is 31.2 Å². The number of carbonyl (C=O) groups is 1. The molecule has 3 aromatic heterocycles. The Balaban J connectivity index is 1.77. The molecule has 0 bridgehead atoms. The van der Waals surface area contributed by atoms with Gasteiger partial charge in [0.05, 0.1) is 5.69 Å². The molecule has 4 aromatic rings. The summed E-state index contributed by atoms with van der Waals surface area (Å²) in [5.41, 5.74) is 3.99. The van der Waals surface area contributed by atoms with Gasteiger partial charge in [0, 0.05) is 35.2 Å². The SMILES string of the molecule is Cc1ccc(NC(=O)c2nc3sccn3c2-c2ccncc2)cc1. The number of benzene rings is 1. The van der Waals surface area contributed by atoms with Crippen LogP contribution in [0.2, 0.25) is 0 Å². The molecule has 0 saturated heterocycles. The van der Waals surface area contributed by atoms with Crippen LogP contribution in [-0.4, -0.2) is 20.3 Å². The number of nitrogens with one attached hydrogen (secondary N) is 1. The fourth-order valence-electron chi connectivity index (χ4n) is 2.56. The minimum absolute atomic E-state index is 0.221. The lowest BCUT2D eigenvalue weighted by molar-refractivity contribution is 0.102. The van der Waals surface area contributed by atoms with E-state index in [0.717, 1.165) is 27.5 Å². The van der Waals surface area contributed by atoms with Gasteiger partial charge in [0.25, 0.3) is 5.91 Å². The van der Waals surface area contributed by atoms with Gasteiger partial charge in [-0.1, -0.05) is 17.7 Å². The zero-order valence-electron chi connectivity index (χ0n) is 12.9. The number of fused-ring (bicyclic) bond motifs is 1. The van der Waals surface area contributed by atoms with E-state index in [1.807, 2.05) is 59.3 Å². The molecule has 0 aliphatic heterocycles. The van der Waals surface area contributed by atoms with Crippen molar-refractivity contribution in [1.82, 2.24) is 14.4 Å². The van der Waals surface area contributed by atoms with E-state index >= 15 is 0 Å². The highest BCUT2D eigenvalue weighted by atomic mass is 32.1. The van der Waals surface area contributed by atoms with Crippen LogP contribution in [0.4, 0.5) is 5.69 Å². The maximum atomic E-state index is 12.8. The molecule has 0 aliphatic rings. The van der Waals surface area contributed by atoms with Crippen molar-refractivity contribution in [2.45, 2.75) is 6.92 Å². The first-order valence-electron chi connectivity index (χ1n) is 7.46. The van der Waals surface area contributed by atoms with Crippen LogP contribution in [0.15, 0.2) is 60.4 Å². The Morgan fingerprint density at radius 1 is 1.12 bits per heavy atom. The molecule has 5 nitrogen and oxygen atoms in total. The van der Waals surface area contributed by atoms with Crippen LogP contribution >= 0.6 is 11.3 Å². The summed E-state index contributed by atoms with van der Waals surface area (Å²) < 4.78 is 1.93. The summed E-state index contributed by atoms with van der Waals surface area (Å²) in [6.07, 6.45) is 5.34. The van der Waals surface area contributed by atoms with Crippen LogP contribution in [0.25, 0.3) is 16.2 Å². The molecule has 0 fully saturated rings. The van der Waals surface area contributed by atoms with Gasteiger partial charge in [-0.3, -0.25) is 14.2 Å². The van der Waals surface area contributed by atoms with E-state index in [1.54, 1.807) is 12.4 Å². The summed E-state index contributed by atoms with van der Waals surface area (Å²) >= 11 is 1.50. The van der Waals surface area contributed by atoms with Crippen molar-refractivity contribution in [3.63, 3.8) is 0 Å². The van der Waals surface area contributed by atoms with Crippen molar-refractivity contribution in [2.24, 2.45) is 0 Å². The highest BCUT2D eigenvalue weighted by Crippen LogP contribution is 2.27. The predicted octanol–water partition coefficient (Wildman–Crippen LogP) is 4.02. The zero-order valence-corrected chi connectivity index (χ0v) is 13.7. The summed E-state index contributed by atoms with van der Waals surface area (Å²) in [5.74, 6) is -0.221. The van der Waals surface area contributed by atoms with Gasteiger partial charge >= 0.3 is 0 Å². The van der Waals surface area contributed by atoms with Crippen molar-refractivity contribution in [3.05, 3.63) is 71.6 Å². The molecule has 3 heterocycles. The Morgan fingerprint density at radius 2 is 1.88 bits per heavy atom. The Bertz CT molecular complexity index is 1000. The fourth-order valence-corrected chi connectivity index (χ4v) is 3.27. The number of rotatable bonds is 3. The number of aromatic nitrogens is 3. The van der Waals surface area contributed by atoms with Crippen molar-refractivity contribution in [3.8, 4) is 11.3 Å². The minimum atomic E-state index is -0.221. The Labute approximate surface area is 142 Å². The van der Waals surface area contributed by atoms with Crippen molar-refractivity contribution in [2.75, 3.05) is 5.32 Å². The van der Waals surface area contributed by atoms with Gasteiger partial charge in [-0.2, -0.15) is 0 Å². The van der Waals surface area contributed by atoms with Crippen LogP contribution in [-0.2, 0) is 0 Å². The average molecular weight is 334 g/mol. The van der Waals surface area contributed by atoms with Crippen LogP contribution in [0.5, 0.6) is 0 Å². The lowest BCUT2D eigenvalue weighted by Crippen LogP contribution is -2.13. The van der Waals surface area contributed by atoms with Crippen molar-refractivity contribution >= 4 is 27.9 Å². The topological polar surface area (TPSA) is 59.3 Å². The molecule has 0 spiro atoms. The molecule has 118 valence electrons. The van der Waals surface area contributed by atoms with E-state index in [4.69, 9.17) is 0 Å². The number of pyridine rings is 1. The molecule has 0 atom stereocenters. The molecular weight excluding hydrogens is 320 g/mol. The Hall–Kier alpha value is -2.99. The lowest BCUT2D eigenvalue weighted by Gasteiger charge is -2.06. The molecule has 0 saturated carbocycles. The number of nitrogens with zero attached hydrogens (tertiary/aromatic N) is 3. The largest absolute Gasteiger partial charge is 0.321 e. The highest BCUT2D eigenvalue weighted by Gasteiger charge is 2.21. The monoisotopic (exact) mass is 334 g/mol. The second kappa shape index (κ2) is 5.90. The van der Waals surface area contributed by atoms with Crippen LogP contribution < -0.4 is 5.32 Å². The third-order valence-electron chi connectivity index (χ3n) is 3.74. The Morgan fingerprint density at radius 3 is 2.62 bits per heavy atom.